The largest absolute Gasteiger partial charge is 0.369 e. The maximum atomic E-state index is 11.9. The van der Waals surface area contributed by atoms with Crippen molar-refractivity contribution in [2.45, 2.75) is 50.7 Å². The van der Waals surface area contributed by atoms with E-state index >= 15 is 0 Å². The quantitative estimate of drug-likeness (QED) is 0.678. The number of anilines is 1. The molecule has 0 bridgehead atoms. The van der Waals surface area contributed by atoms with Crippen LogP contribution in [-0.4, -0.2) is 63.5 Å². The molecule has 1 aliphatic carbocycles. The highest BCUT2D eigenvalue weighted by Crippen LogP contribution is 2.35. The molecular weight excluding hydrogens is 398 g/mol. The molecule has 1 amide bonds. The van der Waals surface area contributed by atoms with Crippen LogP contribution < -0.4 is 10.6 Å². The molecule has 168 valence electrons. The van der Waals surface area contributed by atoms with Crippen molar-refractivity contribution < 1.29 is 13.2 Å². The van der Waals surface area contributed by atoms with Gasteiger partial charge in [-0.05, 0) is 61.8 Å². The highest BCUT2D eigenvalue weighted by atomic mass is 32.2. The fourth-order valence-corrected chi connectivity index (χ4v) is 6.53. The van der Waals surface area contributed by atoms with E-state index in [4.69, 9.17) is 5.73 Å². The summed E-state index contributed by atoms with van der Waals surface area (Å²) in [5, 5.41) is -1.02. The number of hydrogen-bond acceptors (Lipinski definition) is 5. The molecule has 6 nitrogen and oxygen atoms in total. The fraction of sp³-hybridized carbons (Fsp3) is 0.696. The van der Waals surface area contributed by atoms with Gasteiger partial charge >= 0.3 is 0 Å². The lowest BCUT2D eigenvalue weighted by Crippen LogP contribution is -2.47. The Kier molecular flexibility index (Phi) is 7.80. The summed E-state index contributed by atoms with van der Waals surface area (Å²) in [6.07, 6.45) is 6.91. The van der Waals surface area contributed by atoms with Gasteiger partial charge in [-0.2, -0.15) is 0 Å². The van der Waals surface area contributed by atoms with Crippen LogP contribution in [0.5, 0.6) is 0 Å². The van der Waals surface area contributed by atoms with E-state index in [1.165, 1.54) is 11.3 Å². The first-order valence-corrected chi connectivity index (χ1v) is 13.3. The second-order valence-corrected chi connectivity index (χ2v) is 11.2. The summed E-state index contributed by atoms with van der Waals surface area (Å²) in [7, 11) is -3.43. The zero-order chi connectivity index (χ0) is 21.7. The Hall–Kier alpha value is -1.60. The highest BCUT2D eigenvalue weighted by molar-refractivity contribution is 7.92. The molecule has 1 aromatic rings. The maximum Gasteiger partial charge on any atom is 0.236 e. The third-order valence-electron chi connectivity index (χ3n) is 6.97. The lowest BCUT2D eigenvalue weighted by atomic mass is 9.79. The minimum atomic E-state index is -3.43. The number of carbonyl (C=O) groups is 1. The molecule has 2 aliphatic rings. The summed E-state index contributed by atoms with van der Waals surface area (Å²) in [5.41, 5.74) is 8.11. The first kappa shape index (κ1) is 23.1. The predicted molar refractivity (Wildman–Crippen MR) is 122 cm³/mol. The number of primary amides is 1. The number of nitrogens with two attached hydrogens (primary N) is 1. The number of carbonyl (C=O) groups excluding carboxylic acids is 1. The molecule has 1 saturated carbocycles. The van der Waals surface area contributed by atoms with Crippen molar-refractivity contribution in [1.82, 2.24) is 4.90 Å². The molecule has 1 atom stereocenters. The molecule has 1 aliphatic heterocycles. The fourth-order valence-electron chi connectivity index (χ4n) is 5.14. The minimum Gasteiger partial charge on any atom is -0.369 e. The van der Waals surface area contributed by atoms with Gasteiger partial charge in [-0.15, -0.1) is 0 Å². The SMILES string of the molecule is CCc1cccc(N2CCN(CCC3CCC(C(C(N)=O)S(C)(=O)=O)CC3)CC2)c1. The molecule has 1 unspecified atom stereocenters. The van der Waals surface area contributed by atoms with Crippen molar-refractivity contribution in [3.8, 4) is 0 Å². The third-order valence-corrected chi connectivity index (χ3v) is 8.51. The van der Waals surface area contributed by atoms with Crippen LogP contribution >= 0.6 is 0 Å². The monoisotopic (exact) mass is 435 g/mol. The van der Waals surface area contributed by atoms with Gasteiger partial charge in [0, 0.05) is 38.1 Å². The van der Waals surface area contributed by atoms with E-state index in [1.54, 1.807) is 0 Å². The summed E-state index contributed by atoms with van der Waals surface area (Å²) < 4.78 is 23.9. The van der Waals surface area contributed by atoms with Gasteiger partial charge in [0.25, 0.3) is 0 Å². The molecule has 0 spiro atoms. The summed E-state index contributed by atoms with van der Waals surface area (Å²) in [6, 6.07) is 8.87. The summed E-state index contributed by atoms with van der Waals surface area (Å²) in [5.74, 6) is -0.187. The Bertz CT molecular complexity index is 811. The second kappa shape index (κ2) is 10.1. The van der Waals surface area contributed by atoms with Gasteiger partial charge in [-0.25, -0.2) is 8.42 Å². The molecule has 0 radical (unpaired) electrons. The van der Waals surface area contributed by atoms with E-state index in [-0.39, 0.29) is 5.92 Å². The average Bonchev–Trinajstić information content (AvgIpc) is 2.72. The summed E-state index contributed by atoms with van der Waals surface area (Å²) >= 11 is 0. The zero-order valence-corrected chi connectivity index (χ0v) is 19.2. The van der Waals surface area contributed by atoms with Gasteiger partial charge in [0.2, 0.25) is 5.91 Å². The Morgan fingerprint density at radius 3 is 2.37 bits per heavy atom. The van der Waals surface area contributed by atoms with Crippen molar-refractivity contribution in [2.75, 3.05) is 43.9 Å². The van der Waals surface area contributed by atoms with E-state index < -0.39 is 21.0 Å². The standard InChI is InChI=1S/C23H37N3O3S/c1-3-18-5-4-6-21(17-18)26-15-13-25(14-16-26)12-11-19-7-9-20(10-8-19)22(23(24)27)30(2,28)29/h4-6,17,19-20,22H,3,7-16H2,1-2H3,(H2,24,27). The van der Waals surface area contributed by atoms with Crippen LogP contribution in [0.2, 0.25) is 0 Å². The van der Waals surface area contributed by atoms with Crippen molar-refractivity contribution in [1.29, 1.82) is 0 Å². The number of sulfone groups is 1. The molecule has 30 heavy (non-hydrogen) atoms. The summed E-state index contributed by atoms with van der Waals surface area (Å²) in [4.78, 5) is 16.7. The average molecular weight is 436 g/mol. The van der Waals surface area contributed by atoms with Gasteiger partial charge in [0.1, 0.15) is 5.25 Å². The van der Waals surface area contributed by atoms with Crippen LogP contribution in [0.1, 0.15) is 44.6 Å². The Labute approximate surface area is 181 Å². The normalized spacial score (nSPS) is 24.5. The zero-order valence-electron chi connectivity index (χ0n) is 18.4. The van der Waals surface area contributed by atoms with Crippen molar-refractivity contribution in [2.24, 2.45) is 17.6 Å². The van der Waals surface area contributed by atoms with E-state index in [0.717, 1.165) is 77.5 Å². The Balaban J connectivity index is 1.41. The Morgan fingerprint density at radius 1 is 1.13 bits per heavy atom. The molecule has 2 N–H and O–H groups in total. The van der Waals surface area contributed by atoms with Gasteiger partial charge in [0.15, 0.2) is 9.84 Å². The lowest BCUT2D eigenvalue weighted by molar-refractivity contribution is -0.118. The molecule has 1 saturated heterocycles. The molecule has 1 aromatic carbocycles. The molecule has 7 heteroatoms. The third kappa shape index (κ3) is 5.97. The van der Waals surface area contributed by atoms with Crippen LogP contribution in [0.3, 0.4) is 0 Å². The summed E-state index contributed by atoms with van der Waals surface area (Å²) in [6.45, 7) is 7.60. The topological polar surface area (TPSA) is 83.7 Å². The number of hydrogen-bond donors (Lipinski definition) is 1. The number of rotatable bonds is 8. The van der Waals surface area contributed by atoms with E-state index in [0.29, 0.717) is 5.92 Å². The van der Waals surface area contributed by atoms with E-state index in [1.807, 2.05) is 0 Å². The first-order chi connectivity index (χ1) is 14.3. The highest BCUT2D eigenvalue weighted by Gasteiger charge is 2.37. The van der Waals surface area contributed by atoms with Crippen molar-refractivity contribution >= 4 is 21.4 Å². The first-order valence-electron chi connectivity index (χ1n) is 11.3. The second-order valence-electron chi connectivity index (χ2n) is 9.07. The molecule has 1 heterocycles. The maximum absolute atomic E-state index is 11.9. The van der Waals surface area contributed by atoms with E-state index in [2.05, 4.69) is 41.0 Å². The minimum absolute atomic E-state index is 0.115. The molecular formula is C23H37N3O3S. The van der Waals surface area contributed by atoms with Crippen LogP contribution in [-0.2, 0) is 21.1 Å². The van der Waals surface area contributed by atoms with Gasteiger partial charge in [-0.3, -0.25) is 9.69 Å². The van der Waals surface area contributed by atoms with Crippen LogP contribution in [0.4, 0.5) is 5.69 Å². The number of benzene rings is 1. The lowest BCUT2D eigenvalue weighted by Gasteiger charge is -2.37. The molecule has 3 rings (SSSR count). The van der Waals surface area contributed by atoms with Crippen LogP contribution in [0.15, 0.2) is 24.3 Å². The smallest absolute Gasteiger partial charge is 0.236 e. The number of amides is 1. The number of nitrogens with zero attached hydrogens (tertiary/aromatic N) is 2. The van der Waals surface area contributed by atoms with Crippen LogP contribution in [0, 0.1) is 11.8 Å². The van der Waals surface area contributed by atoms with Gasteiger partial charge in [0.05, 0.1) is 0 Å². The number of piperazine rings is 1. The van der Waals surface area contributed by atoms with Crippen LogP contribution in [0.25, 0.3) is 0 Å². The van der Waals surface area contributed by atoms with Gasteiger partial charge in [-0.1, -0.05) is 31.9 Å². The predicted octanol–water partition coefficient (Wildman–Crippen LogP) is 2.47. The van der Waals surface area contributed by atoms with Crippen molar-refractivity contribution in [3.05, 3.63) is 29.8 Å². The van der Waals surface area contributed by atoms with Gasteiger partial charge < -0.3 is 10.6 Å². The molecule has 0 aromatic heterocycles. The Morgan fingerprint density at radius 2 is 1.80 bits per heavy atom. The van der Waals surface area contributed by atoms with Crippen molar-refractivity contribution in [3.63, 3.8) is 0 Å². The number of aryl methyl sites for hydroxylation is 1. The van der Waals surface area contributed by atoms with E-state index in [9.17, 15) is 13.2 Å². The molecule has 2 fully saturated rings.